The van der Waals surface area contributed by atoms with E-state index >= 15 is 0 Å². The molecule has 0 radical (unpaired) electrons. The fraction of sp³-hybridized carbons (Fsp3) is 0.375. The smallest absolute Gasteiger partial charge is 0.218 e. The molecule has 6 nitrogen and oxygen atoms in total. The number of para-hydroxylation sites is 2. The molecule has 1 N–H and O–H groups in total. The van der Waals surface area contributed by atoms with E-state index in [0.29, 0.717) is 31.5 Å². The van der Waals surface area contributed by atoms with Crippen molar-refractivity contribution < 1.29 is 14.2 Å². The zero-order valence-corrected chi connectivity index (χ0v) is 12.7. The minimum atomic E-state index is -0.0688. The SMILES string of the molecule is CCOc1cc(NCC2COc3ccccc3O2)nc(C)n1. The third-order valence-electron chi connectivity index (χ3n) is 3.19. The summed E-state index contributed by atoms with van der Waals surface area (Å²) in [5, 5.41) is 3.25. The average molecular weight is 301 g/mol. The molecule has 22 heavy (non-hydrogen) atoms. The van der Waals surface area contributed by atoms with Gasteiger partial charge in [0.2, 0.25) is 5.88 Å². The molecule has 1 aliphatic heterocycles. The molecule has 2 heterocycles. The molecule has 2 aromatic rings. The Morgan fingerprint density at radius 1 is 1.27 bits per heavy atom. The fourth-order valence-electron chi connectivity index (χ4n) is 2.23. The molecule has 1 aromatic heterocycles. The minimum absolute atomic E-state index is 0.0688. The van der Waals surface area contributed by atoms with Gasteiger partial charge in [0.1, 0.15) is 24.4 Å². The van der Waals surface area contributed by atoms with Crippen molar-refractivity contribution in [2.24, 2.45) is 0 Å². The van der Waals surface area contributed by atoms with Gasteiger partial charge in [-0.25, -0.2) is 4.98 Å². The summed E-state index contributed by atoms with van der Waals surface area (Å²) >= 11 is 0. The first-order chi connectivity index (χ1) is 10.7. The molecule has 0 aliphatic carbocycles. The van der Waals surface area contributed by atoms with Crippen LogP contribution in [0.1, 0.15) is 12.7 Å². The van der Waals surface area contributed by atoms with Crippen molar-refractivity contribution in [2.75, 3.05) is 25.1 Å². The molecule has 1 aliphatic rings. The van der Waals surface area contributed by atoms with Crippen LogP contribution in [0, 0.1) is 6.92 Å². The number of aromatic nitrogens is 2. The maximum atomic E-state index is 5.90. The normalized spacial score (nSPS) is 16.2. The third-order valence-corrected chi connectivity index (χ3v) is 3.19. The fourth-order valence-corrected chi connectivity index (χ4v) is 2.23. The molecule has 3 rings (SSSR count). The van der Waals surface area contributed by atoms with E-state index in [4.69, 9.17) is 14.2 Å². The quantitative estimate of drug-likeness (QED) is 0.915. The van der Waals surface area contributed by atoms with Gasteiger partial charge in [-0.1, -0.05) is 12.1 Å². The Bertz CT molecular complexity index is 648. The standard InChI is InChI=1S/C16H19N3O3/c1-3-20-16-8-15(18-11(2)19-16)17-9-12-10-21-13-6-4-5-7-14(13)22-12/h4-8,12H,3,9-10H2,1-2H3,(H,17,18,19). The van der Waals surface area contributed by atoms with E-state index in [1.807, 2.05) is 38.1 Å². The zero-order valence-electron chi connectivity index (χ0n) is 12.7. The van der Waals surface area contributed by atoms with Crippen molar-refractivity contribution in [1.82, 2.24) is 9.97 Å². The molecular formula is C16H19N3O3. The molecule has 1 atom stereocenters. The second kappa shape index (κ2) is 6.51. The molecule has 0 saturated carbocycles. The highest BCUT2D eigenvalue weighted by atomic mass is 16.6. The van der Waals surface area contributed by atoms with Gasteiger partial charge in [0.25, 0.3) is 0 Å². The van der Waals surface area contributed by atoms with Crippen LogP contribution in [0.15, 0.2) is 30.3 Å². The highest BCUT2D eigenvalue weighted by Crippen LogP contribution is 2.30. The van der Waals surface area contributed by atoms with Gasteiger partial charge in [0.05, 0.1) is 13.2 Å². The van der Waals surface area contributed by atoms with Gasteiger partial charge >= 0.3 is 0 Å². The summed E-state index contributed by atoms with van der Waals surface area (Å²) in [6.07, 6.45) is -0.0688. The molecule has 116 valence electrons. The summed E-state index contributed by atoms with van der Waals surface area (Å²) in [5.74, 6) is 3.52. The maximum absolute atomic E-state index is 5.90. The highest BCUT2D eigenvalue weighted by Gasteiger charge is 2.20. The van der Waals surface area contributed by atoms with E-state index in [0.717, 1.165) is 17.3 Å². The van der Waals surface area contributed by atoms with Crippen LogP contribution < -0.4 is 19.5 Å². The van der Waals surface area contributed by atoms with E-state index in [1.165, 1.54) is 0 Å². The largest absolute Gasteiger partial charge is 0.486 e. The molecule has 0 bridgehead atoms. The Labute approximate surface area is 129 Å². The lowest BCUT2D eigenvalue weighted by Crippen LogP contribution is -2.35. The van der Waals surface area contributed by atoms with Gasteiger partial charge in [-0.3, -0.25) is 0 Å². The van der Waals surface area contributed by atoms with Crippen molar-refractivity contribution in [2.45, 2.75) is 20.0 Å². The second-order valence-electron chi connectivity index (χ2n) is 4.95. The van der Waals surface area contributed by atoms with E-state index in [9.17, 15) is 0 Å². The van der Waals surface area contributed by atoms with E-state index in [2.05, 4.69) is 15.3 Å². The number of ether oxygens (including phenoxy) is 3. The Hall–Kier alpha value is -2.50. The van der Waals surface area contributed by atoms with Crippen LogP contribution in [-0.2, 0) is 0 Å². The summed E-state index contributed by atoms with van der Waals surface area (Å²) in [6.45, 7) is 5.44. The number of nitrogens with zero attached hydrogens (tertiary/aromatic N) is 2. The van der Waals surface area contributed by atoms with Gasteiger partial charge in [0, 0.05) is 6.07 Å². The number of hydrogen-bond acceptors (Lipinski definition) is 6. The van der Waals surface area contributed by atoms with Crippen LogP contribution in [0.2, 0.25) is 0 Å². The van der Waals surface area contributed by atoms with Gasteiger partial charge < -0.3 is 19.5 Å². The maximum Gasteiger partial charge on any atom is 0.218 e. The van der Waals surface area contributed by atoms with Gasteiger partial charge in [-0.15, -0.1) is 0 Å². The first-order valence-corrected chi connectivity index (χ1v) is 7.35. The average Bonchev–Trinajstić information content (AvgIpc) is 2.52. The Kier molecular flexibility index (Phi) is 4.27. The molecule has 0 saturated heterocycles. The number of nitrogens with one attached hydrogen (secondary N) is 1. The van der Waals surface area contributed by atoms with Gasteiger partial charge in [-0.2, -0.15) is 4.98 Å². The van der Waals surface area contributed by atoms with Gasteiger partial charge in [-0.05, 0) is 26.0 Å². The van der Waals surface area contributed by atoms with Crippen molar-refractivity contribution in [3.05, 3.63) is 36.2 Å². The van der Waals surface area contributed by atoms with Gasteiger partial charge in [0.15, 0.2) is 11.5 Å². The Morgan fingerprint density at radius 3 is 2.91 bits per heavy atom. The summed E-state index contributed by atoms with van der Waals surface area (Å²) in [7, 11) is 0. The number of hydrogen-bond donors (Lipinski definition) is 1. The lowest BCUT2D eigenvalue weighted by Gasteiger charge is -2.26. The predicted molar refractivity (Wildman–Crippen MR) is 82.8 cm³/mol. The van der Waals surface area contributed by atoms with Crippen molar-refractivity contribution in [3.8, 4) is 17.4 Å². The van der Waals surface area contributed by atoms with E-state index in [-0.39, 0.29) is 6.10 Å². The summed E-state index contributed by atoms with van der Waals surface area (Å²) < 4.78 is 17.0. The van der Waals surface area contributed by atoms with Crippen LogP contribution in [0.5, 0.6) is 17.4 Å². The van der Waals surface area contributed by atoms with Crippen molar-refractivity contribution >= 4 is 5.82 Å². The van der Waals surface area contributed by atoms with Crippen molar-refractivity contribution in [3.63, 3.8) is 0 Å². The molecular weight excluding hydrogens is 282 g/mol. The first kappa shape index (κ1) is 14.4. The monoisotopic (exact) mass is 301 g/mol. The molecule has 1 aromatic carbocycles. The first-order valence-electron chi connectivity index (χ1n) is 7.35. The van der Waals surface area contributed by atoms with E-state index < -0.39 is 0 Å². The van der Waals surface area contributed by atoms with Crippen LogP contribution in [0.4, 0.5) is 5.82 Å². The molecule has 0 amide bonds. The zero-order chi connectivity index (χ0) is 15.4. The van der Waals surface area contributed by atoms with Crippen LogP contribution >= 0.6 is 0 Å². The van der Waals surface area contributed by atoms with E-state index in [1.54, 1.807) is 6.07 Å². The lowest BCUT2D eigenvalue weighted by molar-refractivity contribution is 0.0997. The third kappa shape index (κ3) is 3.39. The number of aryl methyl sites for hydroxylation is 1. The van der Waals surface area contributed by atoms with Crippen LogP contribution in [-0.4, -0.2) is 35.8 Å². The minimum Gasteiger partial charge on any atom is -0.486 e. The summed E-state index contributed by atoms with van der Waals surface area (Å²) in [5.41, 5.74) is 0. The molecule has 0 spiro atoms. The predicted octanol–water partition coefficient (Wildman–Crippen LogP) is 2.44. The number of rotatable bonds is 5. The molecule has 0 fully saturated rings. The Morgan fingerprint density at radius 2 is 2.09 bits per heavy atom. The topological polar surface area (TPSA) is 65.5 Å². The number of fused-ring (bicyclic) bond motifs is 1. The Balaban J connectivity index is 1.61. The number of benzene rings is 1. The lowest BCUT2D eigenvalue weighted by atomic mass is 10.2. The highest BCUT2D eigenvalue weighted by molar-refractivity contribution is 5.42. The second-order valence-corrected chi connectivity index (χ2v) is 4.95. The summed E-state index contributed by atoms with van der Waals surface area (Å²) in [6, 6.07) is 9.46. The van der Waals surface area contributed by atoms with Crippen LogP contribution in [0.3, 0.4) is 0 Å². The van der Waals surface area contributed by atoms with Crippen LogP contribution in [0.25, 0.3) is 0 Å². The molecule has 6 heteroatoms. The summed E-state index contributed by atoms with van der Waals surface area (Å²) in [4.78, 5) is 8.57. The van der Waals surface area contributed by atoms with Crippen molar-refractivity contribution in [1.29, 1.82) is 0 Å². The number of anilines is 1. The molecule has 1 unspecified atom stereocenters.